The van der Waals surface area contributed by atoms with Gasteiger partial charge in [-0.25, -0.2) is 10.1 Å². The van der Waals surface area contributed by atoms with Crippen molar-refractivity contribution < 1.29 is 23.6 Å². The van der Waals surface area contributed by atoms with Crippen LogP contribution in [0.5, 0.6) is 17.2 Å². The Labute approximate surface area is 199 Å². The van der Waals surface area contributed by atoms with Gasteiger partial charge in [-0.1, -0.05) is 35.0 Å². The molecule has 2 aromatic heterocycles. The molecule has 4 rings (SSSR count). The fourth-order valence-corrected chi connectivity index (χ4v) is 3.26. The molecule has 0 aliphatic heterocycles. The van der Waals surface area contributed by atoms with Gasteiger partial charge < -0.3 is 19.9 Å². The summed E-state index contributed by atoms with van der Waals surface area (Å²) in [6.07, 6.45) is 1.39. The van der Waals surface area contributed by atoms with E-state index in [1.807, 2.05) is 31.2 Å². The quantitative estimate of drug-likeness (QED) is 0.282. The average Bonchev–Trinajstić information content (AvgIpc) is 3.50. The number of aryl methyl sites for hydroxylation is 1. The lowest BCUT2D eigenvalue weighted by Crippen LogP contribution is -2.19. The summed E-state index contributed by atoms with van der Waals surface area (Å²) >= 11 is 0. The van der Waals surface area contributed by atoms with E-state index in [4.69, 9.17) is 19.9 Å². The Morgan fingerprint density at radius 3 is 2.34 bits per heavy atom. The summed E-state index contributed by atoms with van der Waals surface area (Å²) in [5.74, 6) is 0.902. The minimum absolute atomic E-state index is 0.00747. The van der Waals surface area contributed by atoms with Crippen LogP contribution in [0.2, 0.25) is 0 Å². The maximum absolute atomic E-state index is 13.1. The molecule has 3 N–H and O–H groups in total. The summed E-state index contributed by atoms with van der Waals surface area (Å²) in [6, 6.07) is 10.8. The monoisotopic (exact) mass is 478 g/mol. The van der Waals surface area contributed by atoms with Crippen molar-refractivity contribution in [2.24, 2.45) is 5.10 Å². The second-order valence-corrected chi connectivity index (χ2v) is 7.18. The molecule has 4 aromatic rings. The lowest BCUT2D eigenvalue weighted by atomic mass is 10.1. The third kappa shape index (κ3) is 4.59. The number of nitrogens with zero attached hydrogens (tertiary/aromatic N) is 6. The van der Waals surface area contributed by atoms with Crippen molar-refractivity contribution in [3.8, 4) is 34.3 Å². The number of carbonyl (C=O) groups is 1. The van der Waals surface area contributed by atoms with Crippen molar-refractivity contribution >= 4 is 17.9 Å². The van der Waals surface area contributed by atoms with Crippen molar-refractivity contribution in [2.45, 2.75) is 6.92 Å². The van der Waals surface area contributed by atoms with Gasteiger partial charge in [-0.2, -0.15) is 9.78 Å². The molecule has 0 saturated carbocycles. The first-order valence-electron chi connectivity index (χ1n) is 10.2. The molecule has 0 fully saturated rings. The van der Waals surface area contributed by atoms with Crippen molar-refractivity contribution in [3.63, 3.8) is 0 Å². The predicted molar refractivity (Wildman–Crippen MR) is 125 cm³/mol. The molecule has 0 aliphatic rings. The summed E-state index contributed by atoms with van der Waals surface area (Å²) < 4.78 is 22.0. The summed E-state index contributed by atoms with van der Waals surface area (Å²) in [5.41, 5.74) is 10.8. The van der Waals surface area contributed by atoms with Crippen LogP contribution in [0, 0.1) is 6.92 Å². The van der Waals surface area contributed by atoms with E-state index < -0.39 is 5.91 Å². The number of hydrazone groups is 1. The van der Waals surface area contributed by atoms with Gasteiger partial charge in [0, 0.05) is 17.7 Å². The van der Waals surface area contributed by atoms with E-state index in [0.29, 0.717) is 34.1 Å². The second-order valence-electron chi connectivity index (χ2n) is 7.18. The van der Waals surface area contributed by atoms with Crippen LogP contribution in [0.3, 0.4) is 0 Å². The molecule has 0 aliphatic carbocycles. The van der Waals surface area contributed by atoms with E-state index in [1.54, 1.807) is 12.1 Å². The third-order valence-corrected chi connectivity index (χ3v) is 5.02. The van der Waals surface area contributed by atoms with E-state index in [0.717, 1.165) is 5.56 Å². The molecule has 0 radical (unpaired) electrons. The maximum atomic E-state index is 13.1. The predicted octanol–water partition coefficient (Wildman–Crippen LogP) is 2.00. The van der Waals surface area contributed by atoms with Gasteiger partial charge >= 0.3 is 0 Å². The average molecular weight is 478 g/mol. The minimum Gasteiger partial charge on any atom is -0.496 e. The Morgan fingerprint density at radius 2 is 1.77 bits per heavy atom. The van der Waals surface area contributed by atoms with Crippen molar-refractivity contribution in [2.75, 3.05) is 27.1 Å². The van der Waals surface area contributed by atoms with Crippen LogP contribution in [0.15, 0.2) is 46.1 Å². The third-order valence-electron chi connectivity index (χ3n) is 5.02. The molecule has 0 saturated heterocycles. The molecule has 35 heavy (non-hydrogen) atoms. The molecule has 2 aromatic carbocycles. The summed E-state index contributed by atoms with van der Waals surface area (Å²) in [7, 11) is 4.53. The topological polar surface area (TPSA) is 165 Å². The summed E-state index contributed by atoms with van der Waals surface area (Å²) in [4.78, 5) is 13.1. The lowest BCUT2D eigenvalue weighted by molar-refractivity contribution is 0.0950. The number of amides is 1. The highest BCUT2D eigenvalue weighted by Crippen LogP contribution is 2.32. The standard InChI is InChI=1S/C22H22N8O5/c1-12-5-7-13(8-6-12)19-18(25-29-30(19)21-20(23)27-35-28-21)22(31)26-24-11-15-16(33-3)9-14(32-2)10-17(15)34-4/h5-11H,1-4H3,(H2,23,27)(H,26,31). The van der Waals surface area contributed by atoms with Crippen LogP contribution in [-0.2, 0) is 0 Å². The number of benzene rings is 2. The smallest absolute Gasteiger partial charge is 0.294 e. The molecule has 180 valence electrons. The van der Waals surface area contributed by atoms with Gasteiger partial charge in [0.1, 0.15) is 22.9 Å². The van der Waals surface area contributed by atoms with Gasteiger partial charge in [-0.3, -0.25) is 4.79 Å². The zero-order chi connectivity index (χ0) is 24.9. The number of anilines is 1. The van der Waals surface area contributed by atoms with Gasteiger partial charge in [0.15, 0.2) is 5.69 Å². The van der Waals surface area contributed by atoms with Crippen molar-refractivity contribution in [3.05, 3.63) is 53.2 Å². The van der Waals surface area contributed by atoms with Crippen LogP contribution < -0.4 is 25.4 Å². The van der Waals surface area contributed by atoms with Gasteiger partial charge in [-0.05, 0) is 17.2 Å². The Morgan fingerprint density at radius 1 is 1.09 bits per heavy atom. The molecular weight excluding hydrogens is 456 g/mol. The van der Waals surface area contributed by atoms with Crippen LogP contribution in [0.1, 0.15) is 21.6 Å². The van der Waals surface area contributed by atoms with Crippen molar-refractivity contribution in [1.29, 1.82) is 0 Å². The highest BCUT2D eigenvalue weighted by molar-refractivity contribution is 5.99. The number of methoxy groups -OCH3 is 3. The van der Waals surface area contributed by atoms with Gasteiger partial charge in [0.2, 0.25) is 11.6 Å². The number of hydrogen-bond donors (Lipinski definition) is 2. The number of hydrogen-bond acceptors (Lipinski definition) is 11. The maximum Gasteiger partial charge on any atom is 0.294 e. The van der Waals surface area contributed by atoms with Crippen molar-refractivity contribution in [1.82, 2.24) is 30.7 Å². The molecule has 0 bridgehead atoms. The van der Waals surface area contributed by atoms with Gasteiger partial charge in [0.25, 0.3) is 5.91 Å². The van der Waals surface area contributed by atoms with E-state index in [2.05, 4.69) is 35.8 Å². The van der Waals surface area contributed by atoms with Crippen LogP contribution in [0.4, 0.5) is 5.82 Å². The van der Waals surface area contributed by atoms with Crippen LogP contribution in [0.25, 0.3) is 17.1 Å². The molecule has 2 heterocycles. The molecule has 13 nitrogen and oxygen atoms in total. The van der Waals surface area contributed by atoms with E-state index in [9.17, 15) is 4.79 Å². The summed E-state index contributed by atoms with van der Waals surface area (Å²) in [6.45, 7) is 1.95. The molecule has 0 unspecified atom stereocenters. The molecule has 1 amide bonds. The fourth-order valence-electron chi connectivity index (χ4n) is 3.26. The molecular formula is C22H22N8O5. The molecule has 0 atom stereocenters. The first kappa shape index (κ1) is 23.2. The number of carbonyl (C=O) groups excluding carboxylic acids is 1. The number of nitrogens with one attached hydrogen (secondary N) is 1. The number of nitrogens with two attached hydrogens (primary N) is 1. The number of aromatic nitrogens is 5. The Balaban J connectivity index is 1.68. The number of rotatable bonds is 8. The van der Waals surface area contributed by atoms with E-state index in [-0.39, 0.29) is 17.3 Å². The fraction of sp³-hybridized carbons (Fsp3) is 0.182. The van der Waals surface area contributed by atoms with E-state index >= 15 is 0 Å². The highest BCUT2D eigenvalue weighted by atomic mass is 16.6. The normalized spacial score (nSPS) is 11.0. The van der Waals surface area contributed by atoms with Gasteiger partial charge in [0.05, 0.1) is 33.1 Å². The Bertz CT molecular complexity index is 1350. The van der Waals surface area contributed by atoms with Gasteiger partial charge in [-0.15, -0.1) is 5.10 Å². The second kappa shape index (κ2) is 9.91. The first-order valence-corrected chi connectivity index (χ1v) is 10.2. The Hall–Kier alpha value is -4.94. The van der Waals surface area contributed by atoms with E-state index in [1.165, 1.54) is 32.2 Å². The largest absolute Gasteiger partial charge is 0.496 e. The summed E-state index contributed by atoms with van der Waals surface area (Å²) in [5, 5.41) is 19.5. The zero-order valence-electron chi connectivity index (χ0n) is 19.3. The minimum atomic E-state index is -0.621. The Kier molecular flexibility index (Phi) is 6.57. The lowest BCUT2D eigenvalue weighted by Gasteiger charge is -2.12. The van der Waals surface area contributed by atoms with Crippen LogP contribution >= 0.6 is 0 Å². The number of nitrogen functional groups attached to an aromatic ring is 1. The number of ether oxygens (including phenoxy) is 3. The molecule has 0 spiro atoms. The SMILES string of the molecule is COc1cc(OC)c(C=NNC(=O)c2nnn(-c3nonc3N)c2-c2ccc(C)cc2)c(OC)c1. The first-order chi connectivity index (χ1) is 17.0. The van der Waals surface area contributed by atoms with Crippen LogP contribution in [-0.4, -0.2) is 58.8 Å². The zero-order valence-corrected chi connectivity index (χ0v) is 19.3. The highest BCUT2D eigenvalue weighted by Gasteiger charge is 2.25. The molecule has 13 heteroatoms.